The largest absolute Gasteiger partial charge is 0.364 e. The van der Waals surface area contributed by atoms with Crippen LogP contribution in [0.1, 0.15) is 80.7 Å². The van der Waals surface area contributed by atoms with Crippen LogP contribution in [0.4, 0.5) is 5.69 Å². The molecule has 0 spiro atoms. The van der Waals surface area contributed by atoms with Gasteiger partial charge in [-0.1, -0.05) is 25.9 Å². The Morgan fingerprint density at radius 3 is 2.45 bits per heavy atom. The van der Waals surface area contributed by atoms with Gasteiger partial charge in [0, 0.05) is 25.1 Å². The first kappa shape index (κ1) is 21.9. The van der Waals surface area contributed by atoms with Gasteiger partial charge in [-0.2, -0.15) is 0 Å². The highest BCUT2D eigenvalue weighted by Gasteiger charge is 2.44. The number of aromatic nitrogens is 3. The summed E-state index contributed by atoms with van der Waals surface area (Å²) in [7, 11) is 1.89. The van der Waals surface area contributed by atoms with E-state index < -0.39 is 6.23 Å². The number of anilines is 1. The lowest BCUT2D eigenvalue weighted by Gasteiger charge is -2.44. The third-order valence-corrected chi connectivity index (χ3v) is 7.05. The van der Waals surface area contributed by atoms with Crippen LogP contribution in [-0.4, -0.2) is 33.3 Å². The monoisotopic (exact) mass is 430 g/mol. The molecular formula is C23H34N4O4. The fourth-order valence-corrected chi connectivity index (χ4v) is 4.87. The number of carbonyl (C=O) groups excluding carboxylic acids is 1. The van der Waals surface area contributed by atoms with Gasteiger partial charge in [-0.25, -0.2) is 4.68 Å². The van der Waals surface area contributed by atoms with Crippen molar-refractivity contribution in [3.63, 3.8) is 0 Å². The Hall–Kier alpha value is -2.35. The number of ether oxygens (including phenoxy) is 1. The quantitative estimate of drug-likeness (QED) is 0.733. The van der Waals surface area contributed by atoms with E-state index >= 15 is 0 Å². The fraction of sp³-hybridized carbons (Fsp3) is 0.696. The second-order valence-electron chi connectivity index (χ2n) is 10.1. The fourth-order valence-electron chi connectivity index (χ4n) is 4.87. The Morgan fingerprint density at radius 1 is 1.19 bits per heavy atom. The van der Waals surface area contributed by atoms with Crippen molar-refractivity contribution in [3.8, 4) is 0 Å². The van der Waals surface area contributed by atoms with Gasteiger partial charge in [0.25, 0.3) is 11.5 Å². The topological polar surface area (TPSA) is 82.5 Å². The van der Waals surface area contributed by atoms with Gasteiger partial charge in [-0.05, 0) is 51.4 Å². The highest BCUT2D eigenvalue weighted by atomic mass is 16.5. The summed E-state index contributed by atoms with van der Waals surface area (Å²) in [5, 5.41) is 3.96. The minimum absolute atomic E-state index is 0.0774. The summed E-state index contributed by atoms with van der Waals surface area (Å²) in [5.41, 5.74) is 1.78. The normalized spacial score (nSPS) is 22.4. The minimum Gasteiger partial charge on any atom is -0.364 e. The molecule has 0 radical (unpaired) electrons. The van der Waals surface area contributed by atoms with Crippen LogP contribution < -0.4 is 10.5 Å². The third kappa shape index (κ3) is 3.64. The van der Waals surface area contributed by atoms with Gasteiger partial charge in [0.15, 0.2) is 5.69 Å². The SMILES string of the molecule is Cc1conc1C(=O)N(c1c(C)n(C)n(C2CCC2)c1=O)C1OCCCC1C(C)(C)C. The van der Waals surface area contributed by atoms with Gasteiger partial charge >= 0.3 is 0 Å². The van der Waals surface area contributed by atoms with Crippen molar-refractivity contribution in [2.45, 2.75) is 79.0 Å². The van der Waals surface area contributed by atoms with E-state index in [0.29, 0.717) is 17.9 Å². The summed E-state index contributed by atoms with van der Waals surface area (Å²) in [6.45, 7) is 10.7. The van der Waals surface area contributed by atoms with Gasteiger partial charge in [-0.15, -0.1) is 0 Å². The van der Waals surface area contributed by atoms with Crippen molar-refractivity contribution in [1.82, 2.24) is 14.5 Å². The van der Waals surface area contributed by atoms with Crippen molar-refractivity contribution in [2.75, 3.05) is 11.5 Å². The summed E-state index contributed by atoms with van der Waals surface area (Å²) in [4.78, 5) is 29.1. The van der Waals surface area contributed by atoms with Crippen LogP contribution >= 0.6 is 0 Å². The first-order valence-electron chi connectivity index (χ1n) is 11.3. The summed E-state index contributed by atoms with van der Waals surface area (Å²) in [6.07, 6.45) is 5.87. The summed E-state index contributed by atoms with van der Waals surface area (Å²) < 4.78 is 15.0. The molecule has 8 nitrogen and oxygen atoms in total. The molecule has 0 N–H and O–H groups in total. The lowest BCUT2D eigenvalue weighted by molar-refractivity contribution is -0.0610. The number of aryl methyl sites for hydroxylation is 1. The van der Waals surface area contributed by atoms with Crippen LogP contribution in [0.15, 0.2) is 15.6 Å². The van der Waals surface area contributed by atoms with Crippen molar-refractivity contribution in [3.05, 3.63) is 33.6 Å². The summed E-state index contributed by atoms with van der Waals surface area (Å²) >= 11 is 0. The molecule has 1 amide bonds. The number of carbonyl (C=O) groups is 1. The van der Waals surface area contributed by atoms with Gasteiger partial charge in [-0.3, -0.25) is 19.2 Å². The van der Waals surface area contributed by atoms with Crippen LogP contribution in [0.3, 0.4) is 0 Å². The second kappa shape index (κ2) is 7.97. The number of nitrogens with zero attached hydrogens (tertiary/aromatic N) is 4. The molecule has 2 aromatic heterocycles. The van der Waals surface area contributed by atoms with E-state index in [1.807, 2.05) is 18.7 Å². The first-order valence-corrected chi connectivity index (χ1v) is 11.3. The Labute approximate surface area is 183 Å². The molecule has 31 heavy (non-hydrogen) atoms. The molecular weight excluding hydrogens is 396 g/mol. The van der Waals surface area contributed by atoms with Crippen molar-refractivity contribution in [1.29, 1.82) is 0 Å². The smallest absolute Gasteiger partial charge is 0.291 e. The maximum atomic E-state index is 13.8. The molecule has 2 atom stereocenters. The molecule has 2 aromatic rings. The predicted octanol–water partition coefficient (Wildman–Crippen LogP) is 3.96. The van der Waals surface area contributed by atoms with E-state index in [1.54, 1.807) is 16.5 Å². The van der Waals surface area contributed by atoms with E-state index in [9.17, 15) is 9.59 Å². The standard InChI is InChI=1S/C23H34N4O4/c1-14-13-31-24-18(14)20(28)26(22-17(23(3,4)5)11-8-12-30-22)19-15(2)25(6)27(21(19)29)16-9-7-10-16/h13,16-17,22H,7-12H2,1-6H3. The van der Waals surface area contributed by atoms with E-state index in [4.69, 9.17) is 9.26 Å². The Balaban J connectivity index is 1.89. The lowest BCUT2D eigenvalue weighted by atomic mass is 9.75. The van der Waals surface area contributed by atoms with Crippen LogP contribution in [0.2, 0.25) is 0 Å². The van der Waals surface area contributed by atoms with E-state index in [0.717, 1.165) is 37.8 Å². The molecule has 2 fully saturated rings. The predicted molar refractivity (Wildman–Crippen MR) is 117 cm³/mol. The van der Waals surface area contributed by atoms with E-state index in [-0.39, 0.29) is 34.5 Å². The van der Waals surface area contributed by atoms with Crippen molar-refractivity contribution in [2.24, 2.45) is 18.4 Å². The molecule has 1 saturated heterocycles. The molecule has 1 aliphatic carbocycles. The molecule has 1 saturated carbocycles. The number of rotatable bonds is 4. The molecule has 0 aromatic carbocycles. The number of amides is 1. The second-order valence-corrected chi connectivity index (χ2v) is 10.1. The average Bonchev–Trinajstić information content (AvgIpc) is 3.19. The van der Waals surface area contributed by atoms with E-state index in [2.05, 4.69) is 25.9 Å². The summed E-state index contributed by atoms with van der Waals surface area (Å²) in [5.74, 6) is -0.271. The first-order chi connectivity index (χ1) is 14.6. The zero-order valence-electron chi connectivity index (χ0n) is 19.5. The van der Waals surface area contributed by atoms with Gasteiger partial charge in [0.05, 0.1) is 11.7 Å². The zero-order valence-corrected chi connectivity index (χ0v) is 19.5. The lowest BCUT2D eigenvalue weighted by Crippen LogP contribution is -2.53. The Bertz CT molecular complexity index is 1020. The highest BCUT2D eigenvalue weighted by molar-refractivity contribution is 6.06. The molecule has 0 bridgehead atoms. The van der Waals surface area contributed by atoms with Crippen molar-refractivity contribution >= 4 is 11.6 Å². The molecule has 8 heteroatoms. The maximum absolute atomic E-state index is 13.8. The maximum Gasteiger partial charge on any atom is 0.291 e. The molecule has 1 aliphatic heterocycles. The minimum atomic E-state index is -0.541. The van der Waals surface area contributed by atoms with Crippen LogP contribution in [0.5, 0.6) is 0 Å². The molecule has 2 unspecified atom stereocenters. The zero-order chi connectivity index (χ0) is 22.5. The molecule has 2 aliphatic rings. The third-order valence-electron chi connectivity index (χ3n) is 7.05. The van der Waals surface area contributed by atoms with E-state index in [1.165, 1.54) is 6.26 Å². The van der Waals surface area contributed by atoms with Crippen LogP contribution in [0.25, 0.3) is 0 Å². The molecule has 3 heterocycles. The van der Waals surface area contributed by atoms with Gasteiger partial charge in [0.1, 0.15) is 18.2 Å². The Kier molecular flexibility index (Phi) is 5.62. The van der Waals surface area contributed by atoms with Crippen LogP contribution in [-0.2, 0) is 11.8 Å². The molecule has 170 valence electrons. The van der Waals surface area contributed by atoms with Gasteiger partial charge < -0.3 is 9.26 Å². The van der Waals surface area contributed by atoms with Crippen molar-refractivity contribution < 1.29 is 14.1 Å². The number of hydrogen-bond donors (Lipinski definition) is 0. The number of hydrogen-bond acceptors (Lipinski definition) is 5. The van der Waals surface area contributed by atoms with Crippen LogP contribution in [0, 0.1) is 25.2 Å². The summed E-state index contributed by atoms with van der Waals surface area (Å²) in [6, 6.07) is 0.182. The van der Waals surface area contributed by atoms with Gasteiger partial charge in [0.2, 0.25) is 0 Å². The average molecular weight is 431 g/mol. The highest BCUT2D eigenvalue weighted by Crippen LogP contribution is 2.40. The molecule has 4 rings (SSSR count). The Morgan fingerprint density at radius 2 is 1.90 bits per heavy atom.